The van der Waals surface area contributed by atoms with Gasteiger partial charge in [0.25, 0.3) is 0 Å². The van der Waals surface area contributed by atoms with E-state index < -0.39 is 0 Å². The molecule has 3 nitrogen and oxygen atoms in total. The molecule has 4 rings (SSSR count). The molecule has 23 heavy (non-hydrogen) atoms. The Kier molecular flexibility index (Phi) is 3.58. The normalized spacial score (nSPS) is 19.3. The van der Waals surface area contributed by atoms with Crippen LogP contribution in [0.15, 0.2) is 42.7 Å². The lowest BCUT2D eigenvalue weighted by molar-refractivity contribution is 0.0235. The first-order chi connectivity index (χ1) is 11.1. The molecule has 1 aliphatic heterocycles. The van der Waals surface area contributed by atoms with Crippen molar-refractivity contribution in [3.05, 3.63) is 58.3 Å². The quantitative estimate of drug-likeness (QED) is 0.767. The fourth-order valence-electron chi connectivity index (χ4n) is 3.80. The molecule has 2 fully saturated rings. The van der Waals surface area contributed by atoms with Crippen LogP contribution in [0.4, 0.5) is 5.69 Å². The Morgan fingerprint density at radius 1 is 1.17 bits per heavy atom. The Bertz CT molecular complexity index is 749. The van der Waals surface area contributed by atoms with E-state index in [9.17, 15) is 4.79 Å². The van der Waals surface area contributed by atoms with Crippen molar-refractivity contribution < 1.29 is 4.79 Å². The number of carbonyl (C=O) groups excluding carboxylic acids is 1. The zero-order valence-corrected chi connectivity index (χ0v) is 14.0. The molecule has 0 amide bonds. The number of benzene rings is 1. The molecule has 2 aromatic rings. The zero-order valence-electron chi connectivity index (χ0n) is 12.5. The van der Waals surface area contributed by atoms with Gasteiger partial charge in [-0.25, -0.2) is 0 Å². The molecule has 1 aromatic carbocycles. The molecule has 1 saturated carbocycles. The minimum absolute atomic E-state index is 0.148. The number of pyridine rings is 1. The van der Waals surface area contributed by atoms with Crippen molar-refractivity contribution in [2.75, 3.05) is 18.0 Å². The van der Waals surface area contributed by atoms with Gasteiger partial charge in [-0.1, -0.05) is 23.2 Å². The molecule has 5 heteroatoms. The van der Waals surface area contributed by atoms with E-state index in [1.165, 1.54) is 0 Å². The Morgan fingerprint density at radius 2 is 1.96 bits per heavy atom. The van der Waals surface area contributed by atoms with Gasteiger partial charge in [0.2, 0.25) is 0 Å². The second-order valence-corrected chi connectivity index (χ2v) is 7.48. The van der Waals surface area contributed by atoms with Crippen molar-refractivity contribution in [3.63, 3.8) is 0 Å². The lowest BCUT2D eigenvalue weighted by Gasteiger charge is -2.59. The summed E-state index contributed by atoms with van der Waals surface area (Å²) in [6.45, 7) is 1.98. The topological polar surface area (TPSA) is 33.2 Å². The number of aromatic nitrogens is 1. The number of hydrogen-bond acceptors (Lipinski definition) is 3. The maximum absolute atomic E-state index is 12.4. The van der Waals surface area contributed by atoms with Crippen LogP contribution in [-0.4, -0.2) is 23.9 Å². The third kappa shape index (κ3) is 2.62. The third-order valence-electron chi connectivity index (χ3n) is 5.00. The van der Waals surface area contributed by atoms with Crippen LogP contribution < -0.4 is 4.90 Å². The molecule has 0 N–H and O–H groups in total. The van der Waals surface area contributed by atoms with Crippen molar-refractivity contribution >= 4 is 34.7 Å². The highest BCUT2D eigenvalue weighted by Gasteiger charge is 2.54. The van der Waals surface area contributed by atoms with Crippen LogP contribution in [0.25, 0.3) is 0 Å². The third-order valence-corrected chi connectivity index (χ3v) is 5.74. The maximum atomic E-state index is 12.4. The molecule has 1 aliphatic carbocycles. The lowest BCUT2D eigenvalue weighted by Crippen LogP contribution is -2.63. The summed E-state index contributed by atoms with van der Waals surface area (Å²) in [5, 5.41) is 1.17. The van der Waals surface area contributed by atoms with Crippen molar-refractivity contribution in [2.24, 2.45) is 11.3 Å². The summed E-state index contributed by atoms with van der Waals surface area (Å²) in [6, 6.07) is 9.41. The Morgan fingerprint density at radius 3 is 2.61 bits per heavy atom. The Hall–Kier alpha value is -1.58. The van der Waals surface area contributed by atoms with Gasteiger partial charge in [-0.3, -0.25) is 9.78 Å². The van der Waals surface area contributed by atoms with Crippen molar-refractivity contribution in [1.29, 1.82) is 0 Å². The molecule has 1 spiro atoms. The SMILES string of the molecule is O=C(c1cccnc1)C1CC2(C1)CN(c1ccc(Cl)c(Cl)c1)C2. The van der Waals surface area contributed by atoms with Crippen LogP contribution in [0.3, 0.4) is 0 Å². The molecule has 1 saturated heterocycles. The number of nitrogens with zero attached hydrogens (tertiary/aromatic N) is 2. The van der Waals surface area contributed by atoms with Gasteiger partial charge in [-0.2, -0.15) is 0 Å². The van der Waals surface area contributed by atoms with Gasteiger partial charge in [0.1, 0.15) is 0 Å². The molecular formula is C18H16Cl2N2O. The van der Waals surface area contributed by atoms with Gasteiger partial charge in [-0.15, -0.1) is 0 Å². The summed E-state index contributed by atoms with van der Waals surface area (Å²) >= 11 is 12.0. The Labute approximate surface area is 145 Å². The summed E-state index contributed by atoms with van der Waals surface area (Å²) < 4.78 is 0. The molecule has 2 heterocycles. The van der Waals surface area contributed by atoms with Gasteiger partial charge in [-0.05, 0) is 43.2 Å². The highest BCUT2D eigenvalue weighted by molar-refractivity contribution is 6.42. The minimum atomic E-state index is 0.148. The minimum Gasteiger partial charge on any atom is -0.370 e. The molecular weight excluding hydrogens is 331 g/mol. The largest absolute Gasteiger partial charge is 0.370 e. The number of halogens is 2. The smallest absolute Gasteiger partial charge is 0.167 e. The first kappa shape index (κ1) is 15.0. The van der Waals surface area contributed by atoms with E-state index in [4.69, 9.17) is 23.2 Å². The molecule has 0 radical (unpaired) electrons. The van der Waals surface area contributed by atoms with Crippen LogP contribution in [0, 0.1) is 11.3 Å². The Balaban J connectivity index is 1.36. The van der Waals surface area contributed by atoms with Crippen molar-refractivity contribution in [3.8, 4) is 0 Å². The number of Topliss-reactive ketones (excluding diaryl/α,β-unsaturated/α-hetero) is 1. The van der Waals surface area contributed by atoms with Gasteiger partial charge in [0.15, 0.2) is 5.78 Å². The summed E-state index contributed by atoms with van der Waals surface area (Å²) in [4.78, 5) is 18.7. The molecule has 2 aliphatic rings. The fraction of sp³-hybridized carbons (Fsp3) is 0.333. The number of hydrogen-bond donors (Lipinski definition) is 0. The van der Waals surface area contributed by atoms with Crippen LogP contribution in [0.5, 0.6) is 0 Å². The van der Waals surface area contributed by atoms with Crippen LogP contribution in [0.2, 0.25) is 10.0 Å². The highest BCUT2D eigenvalue weighted by Crippen LogP contribution is 2.53. The molecule has 118 valence electrons. The van der Waals surface area contributed by atoms with Crippen molar-refractivity contribution in [1.82, 2.24) is 4.98 Å². The van der Waals surface area contributed by atoms with Gasteiger partial charge in [0.05, 0.1) is 10.0 Å². The van der Waals surface area contributed by atoms with Gasteiger partial charge >= 0.3 is 0 Å². The predicted octanol–water partition coefficient (Wildman–Crippen LogP) is 4.49. The van der Waals surface area contributed by atoms with E-state index in [1.54, 1.807) is 12.4 Å². The van der Waals surface area contributed by atoms with Crippen molar-refractivity contribution in [2.45, 2.75) is 12.8 Å². The number of anilines is 1. The van der Waals surface area contributed by atoms with Crippen LogP contribution in [-0.2, 0) is 0 Å². The summed E-state index contributed by atoms with van der Waals surface area (Å²) in [6.07, 6.45) is 5.30. The molecule has 0 bridgehead atoms. The summed E-state index contributed by atoms with van der Waals surface area (Å²) in [5.41, 5.74) is 2.13. The van der Waals surface area contributed by atoms with Gasteiger partial charge in [0, 0.05) is 48.1 Å². The highest BCUT2D eigenvalue weighted by atomic mass is 35.5. The van der Waals surface area contributed by atoms with E-state index >= 15 is 0 Å². The summed E-state index contributed by atoms with van der Waals surface area (Å²) in [7, 11) is 0. The van der Waals surface area contributed by atoms with E-state index in [-0.39, 0.29) is 11.7 Å². The first-order valence-electron chi connectivity index (χ1n) is 7.71. The molecule has 0 unspecified atom stereocenters. The second kappa shape index (κ2) is 5.50. The van der Waals surface area contributed by atoms with E-state index in [1.807, 2.05) is 30.3 Å². The number of ketones is 1. The average molecular weight is 347 g/mol. The maximum Gasteiger partial charge on any atom is 0.167 e. The monoisotopic (exact) mass is 346 g/mol. The standard InChI is InChI=1S/C18H16Cl2N2O/c19-15-4-3-14(6-16(15)20)22-10-18(11-22)7-13(8-18)17(23)12-2-1-5-21-9-12/h1-6,9,13H,7-8,10-11H2. The predicted molar refractivity (Wildman–Crippen MR) is 92.4 cm³/mol. The molecule has 1 aromatic heterocycles. The average Bonchev–Trinajstić information content (AvgIpc) is 2.48. The number of rotatable bonds is 3. The number of carbonyl (C=O) groups is 1. The van der Waals surface area contributed by atoms with E-state index in [0.29, 0.717) is 15.5 Å². The van der Waals surface area contributed by atoms with Crippen LogP contribution >= 0.6 is 23.2 Å². The second-order valence-electron chi connectivity index (χ2n) is 6.67. The van der Waals surface area contributed by atoms with Gasteiger partial charge < -0.3 is 4.90 Å². The van der Waals surface area contributed by atoms with Crippen LogP contribution in [0.1, 0.15) is 23.2 Å². The van der Waals surface area contributed by atoms with E-state index in [2.05, 4.69) is 9.88 Å². The van der Waals surface area contributed by atoms with E-state index in [0.717, 1.165) is 37.2 Å². The molecule has 0 atom stereocenters. The first-order valence-corrected chi connectivity index (χ1v) is 8.46. The summed E-state index contributed by atoms with van der Waals surface area (Å²) in [5.74, 6) is 0.381. The lowest BCUT2D eigenvalue weighted by atomic mass is 9.56. The zero-order chi connectivity index (χ0) is 16.0. The fourth-order valence-corrected chi connectivity index (χ4v) is 4.09.